The van der Waals surface area contributed by atoms with E-state index in [-0.39, 0.29) is 23.1 Å². The summed E-state index contributed by atoms with van der Waals surface area (Å²) in [7, 11) is 0. The van der Waals surface area contributed by atoms with Gasteiger partial charge in [-0.25, -0.2) is 13.2 Å². The van der Waals surface area contributed by atoms with Crippen LogP contribution in [-0.4, -0.2) is 15.9 Å². The van der Waals surface area contributed by atoms with Gasteiger partial charge in [0.1, 0.15) is 5.78 Å². The van der Waals surface area contributed by atoms with Gasteiger partial charge in [0, 0.05) is 5.56 Å². The first-order valence-corrected chi connectivity index (χ1v) is 5.93. The third-order valence-corrected chi connectivity index (χ3v) is 2.88. The molecular weight excluding hydrogens is 273 g/mol. The Labute approximate surface area is 112 Å². The zero-order valence-electron chi connectivity index (χ0n) is 10.8. The summed E-state index contributed by atoms with van der Waals surface area (Å²) in [4.78, 5) is 15.3. The van der Waals surface area contributed by atoms with E-state index in [0.29, 0.717) is 6.42 Å². The Morgan fingerprint density at radius 3 is 2.40 bits per heavy atom. The largest absolute Gasteiger partial charge is 0.338 e. The molecule has 2 rings (SSSR count). The monoisotopic (exact) mass is 284 g/mol. The summed E-state index contributed by atoms with van der Waals surface area (Å²) in [5, 5.41) is 3.56. The van der Waals surface area contributed by atoms with Gasteiger partial charge < -0.3 is 4.52 Å². The van der Waals surface area contributed by atoms with Crippen LogP contribution >= 0.6 is 0 Å². The van der Waals surface area contributed by atoms with Gasteiger partial charge in [-0.2, -0.15) is 4.98 Å². The molecule has 4 nitrogen and oxygen atoms in total. The number of hydrogen-bond donors (Lipinski definition) is 0. The van der Waals surface area contributed by atoms with Gasteiger partial charge in [0.25, 0.3) is 0 Å². The number of Topliss-reactive ketones (excluding diaryl/α,β-unsaturated/α-hetero) is 1. The lowest BCUT2D eigenvalue weighted by Gasteiger charge is -2.03. The van der Waals surface area contributed by atoms with Crippen LogP contribution in [0, 0.1) is 17.5 Å². The van der Waals surface area contributed by atoms with Crippen LogP contribution in [0.5, 0.6) is 0 Å². The molecule has 0 bridgehead atoms. The quantitative estimate of drug-likeness (QED) is 0.809. The van der Waals surface area contributed by atoms with Gasteiger partial charge >= 0.3 is 0 Å². The molecule has 1 aromatic heterocycles. The van der Waals surface area contributed by atoms with E-state index in [4.69, 9.17) is 4.52 Å². The minimum atomic E-state index is -1.56. The molecule has 2 aromatic rings. The first-order valence-electron chi connectivity index (χ1n) is 5.93. The van der Waals surface area contributed by atoms with Crippen LogP contribution in [0.1, 0.15) is 32.1 Å². The van der Waals surface area contributed by atoms with E-state index in [1.165, 1.54) is 6.92 Å². The Morgan fingerprint density at radius 2 is 1.90 bits per heavy atom. The SMILES string of the molecule is CCC(C(C)=O)c1nc(-c2cc(F)c(F)c(F)c2)no1. The van der Waals surface area contributed by atoms with Crippen molar-refractivity contribution in [2.45, 2.75) is 26.2 Å². The van der Waals surface area contributed by atoms with Crippen molar-refractivity contribution in [1.29, 1.82) is 0 Å². The smallest absolute Gasteiger partial charge is 0.237 e. The van der Waals surface area contributed by atoms with Crippen molar-refractivity contribution >= 4 is 5.78 Å². The van der Waals surface area contributed by atoms with Crippen LogP contribution in [0.2, 0.25) is 0 Å². The fourth-order valence-electron chi connectivity index (χ4n) is 1.81. The summed E-state index contributed by atoms with van der Waals surface area (Å²) >= 11 is 0. The minimum Gasteiger partial charge on any atom is -0.338 e. The first-order chi connectivity index (χ1) is 9.43. The Kier molecular flexibility index (Phi) is 3.87. The van der Waals surface area contributed by atoms with E-state index in [1.54, 1.807) is 6.92 Å². The summed E-state index contributed by atoms with van der Waals surface area (Å²) in [6.45, 7) is 3.16. The van der Waals surface area contributed by atoms with Gasteiger partial charge in [0.2, 0.25) is 11.7 Å². The molecule has 0 saturated carbocycles. The molecule has 1 unspecified atom stereocenters. The molecule has 0 aliphatic rings. The van der Waals surface area contributed by atoms with Crippen molar-refractivity contribution in [3.05, 3.63) is 35.5 Å². The van der Waals surface area contributed by atoms with Crippen molar-refractivity contribution in [2.24, 2.45) is 0 Å². The minimum absolute atomic E-state index is 0.0604. The van der Waals surface area contributed by atoms with Crippen LogP contribution in [0.15, 0.2) is 16.7 Å². The number of rotatable bonds is 4. The second-order valence-electron chi connectivity index (χ2n) is 4.28. The van der Waals surface area contributed by atoms with Crippen molar-refractivity contribution in [1.82, 2.24) is 10.1 Å². The molecule has 0 N–H and O–H groups in total. The van der Waals surface area contributed by atoms with E-state index < -0.39 is 23.4 Å². The number of nitrogens with zero attached hydrogens (tertiary/aromatic N) is 2. The second-order valence-corrected chi connectivity index (χ2v) is 4.28. The van der Waals surface area contributed by atoms with E-state index in [2.05, 4.69) is 10.1 Å². The van der Waals surface area contributed by atoms with Gasteiger partial charge in [0.05, 0.1) is 5.92 Å². The first kappa shape index (κ1) is 14.2. The van der Waals surface area contributed by atoms with E-state index in [0.717, 1.165) is 12.1 Å². The van der Waals surface area contributed by atoms with Crippen LogP contribution in [0.3, 0.4) is 0 Å². The lowest BCUT2D eigenvalue weighted by molar-refractivity contribution is -0.119. The average Bonchev–Trinajstić information content (AvgIpc) is 2.85. The highest BCUT2D eigenvalue weighted by atomic mass is 19.2. The standard InChI is InChI=1S/C13H11F3N2O2/c1-3-8(6(2)19)13-17-12(18-20-13)7-4-9(14)11(16)10(15)5-7/h4-5,8H,3H2,1-2H3. The number of hydrogen-bond acceptors (Lipinski definition) is 4. The highest BCUT2D eigenvalue weighted by molar-refractivity contribution is 5.82. The summed E-state index contributed by atoms with van der Waals surface area (Å²) in [5.74, 6) is -4.99. The number of halogens is 3. The zero-order chi connectivity index (χ0) is 14.9. The molecule has 7 heteroatoms. The van der Waals surface area contributed by atoms with Gasteiger partial charge in [-0.3, -0.25) is 4.79 Å². The highest BCUT2D eigenvalue weighted by Gasteiger charge is 2.23. The molecule has 20 heavy (non-hydrogen) atoms. The molecule has 0 spiro atoms. The Morgan fingerprint density at radius 1 is 1.30 bits per heavy atom. The molecule has 0 fully saturated rings. The predicted molar refractivity (Wildman–Crippen MR) is 63.3 cm³/mol. The third kappa shape index (κ3) is 2.56. The van der Waals surface area contributed by atoms with Crippen LogP contribution < -0.4 is 0 Å². The molecule has 0 aliphatic carbocycles. The molecule has 106 valence electrons. The van der Waals surface area contributed by atoms with Crippen molar-refractivity contribution in [2.75, 3.05) is 0 Å². The number of aromatic nitrogens is 2. The molecule has 0 radical (unpaired) electrons. The maximum absolute atomic E-state index is 13.1. The number of ketones is 1. The highest BCUT2D eigenvalue weighted by Crippen LogP contribution is 2.25. The molecular formula is C13H11F3N2O2. The maximum atomic E-state index is 13.1. The summed E-state index contributed by atoms with van der Waals surface area (Å²) < 4.78 is 44.0. The lowest BCUT2D eigenvalue weighted by atomic mass is 10.0. The molecule has 0 aliphatic heterocycles. The normalized spacial score (nSPS) is 12.4. The Balaban J connectivity index is 2.41. The van der Waals surface area contributed by atoms with Gasteiger partial charge in [-0.15, -0.1) is 0 Å². The number of carbonyl (C=O) groups excluding carboxylic acids is 1. The second kappa shape index (κ2) is 5.44. The van der Waals surface area contributed by atoms with Gasteiger partial charge in [0.15, 0.2) is 17.5 Å². The lowest BCUT2D eigenvalue weighted by Crippen LogP contribution is -2.07. The summed E-state index contributed by atoms with van der Waals surface area (Å²) in [6.07, 6.45) is 0.461. The Hall–Kier alpha value is -2.18. The fourth-order valence-corrected chi connectivity index (χ4v) is 1.81. The third-order valence-electron chi connectivity index (χ3n) is 2.88. The fraction of sp³-hybridized carbons (Fsp3) is 0.308. The molecule has 1 heterocycles. The molecule has 1 aromatic carbocycles. The number of benzene rings is 1. The van der Waals surface area contributed by atoms with Gasteiger partial charge in [-0.05, 0) is 25.5 Å². The Bertz CT molecular complexity index is 632. The zero-order valence-corrected chi connectivity index (χ0v) is 10.8. The summed E-state index contributed by atoms with van der Waals surface area (Å²) in [5.41, 5.74) is -0.0604. The number of carbonyl (C=O) groups is 1. The van der Waals surface area contributed by atoms with Crippen LogP contribution in [-0.2, 0) is 4.79 Å². The van der Waals surface area contributed by atoms with Crippen LogP contribution in [0.25, 0.3) is 11.4 Å². The van der Waals surface area contributed by atoms with Crippen LogP contribution in [0.4, 0.5) is 13.2 Å². The average molecular weight is 284 g/mol. The predicted octanol–water partition coefficient (Wildman–Crippen LogP) is 3.24. The summed E-state index contributed by atoms with van der Waals surface area (Å²) in [6, 6.07) is 1.53. The van der Waals surface area contributed by atoms with E-state index in [1.807, 2.05) is 0 Å². The molecule has 0 amide bonds. The van der Waals surface area contributed by atoms with Crippen molar-refractivity contribution in [3.63, 3.8) is 0 Å². The van der Waals surface area contributed by atoms with E-state index in [9.17, 15) is 18.0 Å². The van der Waals surface area contributed by atoms with E-state index >= 15 is 0 Å². The van der Waals surface area contributed by atoms with Crippen molar-refractivity contribution in [3.8, 4) is 11.4 Å². The van der Waals surface area contributed by atoms with Crippen molar-refractivity contribution < 1.29 is 22.5 Å². The topological polar surface area (TPSA) is 56.0 Å². The molecule has 0 saturated heterocycles. The van der Waals surface area contributed by atoms with Gasteiger partial charge in [-0.1, -0.05) is 12.1 Å². The molecule has 1 atom stereocenters. The maximum Gasteiger partial charge on any atom is 0.237 e.